The molecule has 5 aromatic rings. The Kier molecular flexibility index (Phi) is 4.19. The first-order valence-electron chi connectivity index (χ1n) is 11.4. The minimum Gasteiger partial charge on any atom is -0.421 e. The van der Waals surface area contributed by atoms with Gasteiger partial charge < -0.3 is 25.7 Å². The van der Waals surface area contributed by atoms with Gasteiger partial charge in [0.05, 0.1) is 40.6 Å². The van der Waals surface area contributed by atoms with E-state index >= 15 is 4.39 Å². The normalized spacial score (nSPS) is 21.6. The molecule has 1 saturated heterocycles. The Hall–Kier alpha value is -4.06. The SMILES string of the molecule is CNc1cc(F)c(F)c2c1[nH]c1nc(Oc3cnc4ccnn4c3)nc(N3CC4CC3CC4N)c12. The number of nitrogens with zero attached hydrogens (tertiary/aromatic N) is 6. The molecule has 7 rings (SSSR count). The van der Waals surface area contributed by atoms with Crippen molar-refractivity contribution in [3.05, 3.63) is 42.4 Å². The molecule has 10 nitrogen and oxygen atoms in total. The minimum absolute atomic E-state index is 0.0614. The van der Waals surface area contributed by atoms with Crippen LogP contribution in [-0.4, -0.2) is 55.2 Å². The van der Waals surface area contributed by atoms with Crippen LogP contribution in [0, 0.1) is 17.6 Å². The fourth-order valence-electron chi connectivity index (χ4n) is 5.51. The van der Waals surface area contributed by atoms with Crippen LogP contribution in [0.3, 0.4) is 0 Å². The molecule has 1 aliphatic carbocycles. The predicted octanol–water partition coefficient (Wildman–Crippen LogP) is 3.19. The van der Waals surface area contributed by atoms with E-state index in [0.29, 0.717) is 51.9 Å². The van der Waals surface area contributed by atoms with E-state index in [9.17, 15) is 4.39 Å². The average Bonchev–Trinajstić information content (AvgIpc) is 3.62. The molecule has 0 amide bonds. The number of nitrogens with one attached hydrogen (secondary N) is 2. The third-order valence-electron chi connectivity index (χ3n) is 7.15. The van der Waals surface area contributed by atoms with Gasteiger partial charge in [0.25, 0.3) is 0 Å². The van der Waals surface area contributed by atoms with Crippen LogP contribution in [-0.2, 0) is 0 Å². The van der Waals surface area contributed by atoms with Crippen LogP contribution in [0.1, 0.15) is 12.8 Å². The third-order valence-corrected chi connectivity index (χ3v) is 7.15. The topological polar surface area (TPSA) is 122 Å². The number of halogens is 2. The van der Waals surface area contributed by atoms with Crippen LogP contribution in [0.4, 0.5) is 20.3 Å². The minimum atomic E-state index is -0.947. The summed E-state index contributed by atoms with van der Waals surface area (Å²) < 4.78 is 37.3. The summed E-state index contributed by atoms with van der Waals surface area (Å²) in [5, 5.41) is 7.63. The Labute approximate surface area is 197 Å². The largest absolute Gasteiger partial charge is 0.421 e. The summed E-state index contributed by atoms with van der Waals surface area (Å²) in [6, 6.07) is 3.25. The summed E-state index contributed by atoms with van der Waals surface area (Å²) >= 11 is 0. The fourth-order valence-corrected chi connectivity index (χ4v) is 5.51. The molecular weight excluding hydrogens is 456 g/mol. The number of anilines is 2. The van der Waals surface area contributed by atoms with E-state index in [0.717, 1.165) is 18.9 Å². The number of hydrogen-bond donors (Lipinski definition) is 3. The first-order valence-corrected chi connectivity index (χ1v) is 11.4. The molecular formula is C23H21F2N9O. The van der Waals surface area contributed by atoms with Crippen molar-refractivity contribution in [2.24, 2.45) is 11.7 Å². The molecule has 2 fully saturated rings. The smallest absolute Gasteiger partial charge is 0.326 e. The summed E-state index contributed by atoms with van der Waals surface area (Å²) in [7, 11) is 1.65. The number of piperidine rings is 1. The van der Waals surface area contributed by atoms with Crippen LogP contribution in [0.25, 0.3) is 27.6 Å². The Morgan fingerprint density at radius 1 is 1.23 bits per heavy atom. The summed E-state index contributed by atoms with van der Waals surface area (Å²) in [4.78, 5) is 18.8. The zero-order valence-corrected chi connectivity index (χ0v) is 18.7. The van der Waals surface area contributed by atoms with Gasteiger partial charge in [-0.25, -0.2) is 18.3 Å². The molecule has 1 aromatic carbocycles. The van der Waals surface area contributed by atoms with Gasteiger partial charge in [-0.2, -0.15) is 15.1 Å². The van der Waals surface area contributed by atoms with Gasteiger partial charge in [0, 0.05) is 37.8 Å². The predicted molar refractivity (Wildman–Crippen MR) is 126 cm³/mol. The zero-order chi connectivity index (χ0) is 23.8. The van der Waals surface area contributed by atoms with E-state index in [2.05, 4.69) is 30.3 Å². The van der Waals surface area contributed by atoms with Gasteiger partial charge in [-0.1, -0.05) is 0 Å². The molecule has 0 spiro atoms. The average molecular weight is 477 g/mol. The van der Waals surface area contributed by atoms with Crippen molar-refractivity contribution in [3.63, 3.8) is 0 Å². The van der Waals surface area contributed by atoms with Crippen LogP contribution in [0.15, 0.2) is 30.7 Å². The highest BCUT2D eigenvalue weighted by Crippen LogP contribution is 2.44. The lowest BCUT2D eigenvalue weighted by Crippen LogP contribution is -2.41. The number of aromatic nitrogens is 6. The second kappa shape index (κ2) is 7.22. The van der Waals surface area contributed by atoms with Gasteiger partial charge in [-0.3, -0.25) is 0 Å². The maximum Gasteiger partial charge on any atom is 0.326 e. The molecule has 35 heavy (non-hydrogen) atoms. The van der Waals surface area contributed by atoms with E-state index in [1.54, 1.807) is 36.2 Å². The molecule has 1 saturated carbocycles. The lowest BCUT2D eigenvalue weighted by Gasteiger charge is -2.31. The standard InChI is InChI=1S/C23H21F2N9O/c1-27-15-6-13(24)19(25)17-18-21(30-20(15)17)31-23(35-12-7-28-16-2-3-29-34(16)9-12)32-22(18)33-8-10-4-11(33)5-14(10)26/h2-3,6-7,9-11,14,27H,4-5,8,26H2,1H3,(H,30,31,32). The molecule has 2 aliphatic rings. The van der Waals surface area contributed by atoms with Crippen molar-refractivity contribution in [2.45, 2.75) is 24.9 Å². The van der Waals surface area contributed by atoms with Gasteiger partial charge in [-0.15, -0.1) is 0 Å². The highest BCUT2D eigenvalue weighted by molar-refractivity contribution is 6.15. The number of rotatable bonds is 4. The Balaban J connectivity index is 1.44. The first kappa shape index (κ1) is 20.3. The van der Waals surface area contributed by atoms with Gasteiger partial charge in [-0.05, 0) is 18.8 Å². The number of fused-ring (bicyclic) bond motifs is 6. The molecule has 12 heteroatoms. The number of H-pyrrole nitrogens is 1. The summed E-state index contributed by atoms with van der Waals surface area (Å²) in [6.45, 7) is 0.681. The highest BCUT2D eigenvalue weighted by atomic mass is 19.2. The maximum absolute atomic E-state index is 15.2. The molecule has 2 bridgehead atoms. The first-order chi connectivity index (χ1) is 17.0. The van der Waals surface area contributed by atoms with Gasteiger partial charge >= 0.3 is 6.01 Å². The lowest BCUT2D eigenvalue weighted by atomic mass is 10.0. The summed E-state index contributed by atoms with van der Waals surface area (Å²) in [5.74, 6) is -0.688. The molecule has 4 N–H and O–H groups in total. The van der Waals surface area contributed by atoms with Gasteiger partial charge in [0.1, 0.15) is 11.5 Å². The third kappa shape index (κ3) is 2.95. The summed E-state index contributed by atoms with van der Waals surface area (Å²) in [6.07, 6.45) is 6.61. The highest BCUT2D eigenvalue weighted by Gasteiger charge is 2.44. The monoisotopic (exact) mass is 477 g/mol. The van der Waals surface area contributed by atoms with Crippen molar-refractivity contribution in [2.75, 3.05) is 23.8 Å². The van der Waals surface area contributed by atoms with E-state index in [4.69, 9.17) is 15.5 Å². The lowest BCUT2D eigenvalue weighted by molar-refractivity contribution is 0.435. The second-order valence-electron chi connectivity index (χ2n) is 9.13. The number of hydrogen-bond acceptors (Lipinski definition) is 8. The quantitative estimate of drug-likeness (QED) is 0.361. The van der Waals surface area contributed by atoms with E-state index < -0.39 is 11.6 Å². The van der Waals surface area contributed by atoms with Crippen molar-refractivity contribution in [1.82, 2.24) is 29.5 Å². The molecule has 5 heterocycles. The zero-order valence-electron chi connectivity index (χ0n) is 18.7. The Bertz CT molecular complexity index is 1630. The van der Waals surface area contributed by atoms with Crippen LogP contribution >= 0.6 is 0 Å². The number of nitrogens with two attached hydrogens (primary N) is 1. The van der Waals surface area contributed by atoms with E-state index in [-0.39, 0.29) is 23.5 Å². The van der Waals surface area contributed by atoms with Crippen LogP contribution in [0.2, 0.25) is 0 Å². The Morgan fingerprint density at radius 3 is 2.89 bits per heavy atom. The molecule has 3 unspecified atom stereocenters. The maximum atomic E-state index is 15.2. The number of ether oxygens (including phenoxy) is 1. The summed E-state index contributed by atoms with van der Waals surface area (Å²) in [5.41, 5.74) is 8.12. The fraction of sp³-hybridized carbons (Fsp3) is 0.304. The van der Waals surface area contributed by atoms with Crippen molar-refractivity contribution in [3.8, 4) is 11.8 Å². The van der Waals surface area contributed by atoms with E-state index in [1.807, 2.05) is 0 Å². The molecule has 178 valence electrons. The number of aromatic amines is 1. The Morgan fingerprint density at radius 2 is 2.11 bits per heavy atom. The van der Waals surface area contributed by atoms with Crippen LogP contribution in [0.5, 0.6) is 11.8 Å². The van der Waals surface area contributed by atoms with E-state index in [1.165, 1.54) is 0 Å². The second-order valence-corrected chi connectivity index (χ2v) is 9.13. The van der Waals surface area contributed by atoms with Crippen molar-refractivity contribution < 1.29 is 13.5 Å². The van der Waals surface area contributed by atoms with Crippen molar-refractivity contribution in [1.29, 1.82) is 0 Å². The van der Waals surface area contributed by atoms with Gasteiger partial charge in [0.15, 0.2) is 23.0 Å². The number of benzene rings is 1. The molecule has 3 atom stereocenters. The molecule has 0 radical (unpaired) electrons. The van der Waals surface area contributed by atoms with Crippen molar-refractivity contribution >= 4 is 39.1 Å². The molecule has 1 aliphatic heterocycles. The molecule has 4 aromatic heterocycles. The van der Waals surface area contributed by atoms with Gasteiger partial charge in [0.2, 0.25) is 0 Å². The van der Waals surface area contributed by atoms with Crippen LogP contribution < -0.4 is 20.7 Å².